The Hall–Kier alpha value is -1.94. The molecule has 88 valence electrons. The van der Waals surface area contributed by atoms with Crippen LogP contribution in [-0.4, -0.2) is 22.1 Å². The zero-order valence-corrected chi connectivity index (χ0v) is 9.74. The van der Waals surface area contributed by atoms with Crippen LogP contribution in [0.15, 0.2) is 42.9 Å². The fourth-order valence-corrected chi connectivity index (χ4v) is 1.61. The minimum atomic E-state index is 0.0403. The average molecular weight is 229 g/mol. The molecule has 0 unspecified atom stereocenters. The highest BCUT2D eigenvalue weighted by atomic mass is 16.3. The van der Waals surface area contributed by atoms with E-state index in [-0.39, 0.29) is 6.61 Å². The van der Waals surface area contributed by atoms with Gasteiger partial charge in [-0.25, -0.2) is 4.98 Å². The molecule has 0 saturated heterocycles. The largest absolute Gasteiger partial charge is 0.392 e. The zero-order valence-electron chi connectivity index (χ0n) is 9.74. The molecule has 1 N–H and O–H groups in total. The van der Waals surface area contributed by atoms with Crippen molar-refractivity contribution in [1.29, 1.82) is 0 Å². The lowest BCUT2D eigenvalue weighted by atomic mass is 10.2. The second-order valence-electron chi connectivity index (χ2n) is 3.89. The lowest BCUT2D eigenvalue weighted by Crippen LogP contribution is -2.17. The molecule has 4 heteroatoms. The van der Waals surface area contributed by atoms with E-state index in [1.165, 1.54) is 5.56 Å². The van der Waals surface area contributed by atoms with Gasteiger partial charge in [0.05, 0.1) is 6.61 Å². The van der Waals surface area contributed by atoms with E-state index in [1.807, 2.05) is 36.2 Å². The summed E-state index contributed by atoms with van der Waals surface area (Å²) in [4.78, 5) is 10.3. The summed E-state index contributed by atoms with van der Waals surface area (Å²) in [5.74, 6) is 0.855. The molecule has 17 heavy (non-hydrogen) atoms. The molecular formula is C13H15N3O. The zero-order chi connectivity index (χ0) is 12.1. The van der Waals surface area contributed by atoms with Gasteiger partial charge < -0.3 is 10.0 Å². The van der Waals surface area contributed by atoms with Crippen LogP contribution in [0.3, 0.4) is 0 Å². The van der Waals surface area contributed by atoms with Crippen LogP contribution in [0.2, 0.25) is 0 Å². The third kappa shape index (κ3) is 3.01. The molecule has 0 radical (unpaired) electrons. The van der Waals surface area contributed by atoms with Gasteiger partial charge in [-0.1, -0.05) is 0 Å². The molecule has 0 amide bonds. The maximum atomic E-state index is 9.08. The highest BCUT2D eigenvalue weighted by molar-refractivity contribution is 5.40. The number of pyridine rings is 2. The van der Waals surface area contributed by atoms with Gasteiger partial charge in [0, 0.05) is 32.2 Å². The van der Waals surface area contributed by atoms with Gasteiger partial charge in [-0.2, -0.15) is 0 Å². The summed E-state index contributed by atoms with van der Waals surface area (Å²) in [6.45, 7) is 0.809. The normalized spacial score (nSPS) is 10.2. The van der Waals surface area contributed by atoms with E-state index in [0.717, 1.165) is 17.9 Å². The van der Waals surface area contributed by atoms with Gasteiger partial charge in [-0.3, -0.25) is 4.98 Å². The molecule has 0 aliphatic heterocycles. The van der Waals surface area contributed by atoms with Crippen molar-refractivity contribution >= 4 is 5.82 Å². The first-order valence-corrected chi connectivity index (χ1v) is 5.45. The molecule has 0 aliphatic rings. The summed E-state index contributed by atoms with van der Waals surface area (Å²) < 4.78 is 0. The minimum Gasteiger partial charge on any atom is -0.392 e. The van der Waals surface area contributed by atoms with Crippen molar-refractivity contribution < 1.29 is 5.11 Å². The Morgan fingerprint density at radius 3 is 2.53 bits per heavy atom. The molecule has 2 aromatic heterocycles. The van der Waals surface area contributed by atoms with Crippen LogP contribution >= 0.6 is 0 Å². The van der Waals surface area contributed by atoms with E-state index in [4.69, 9.17) is 5.11 Å². The van der Waals surface area contributed by atoms with Crippen molar-refractivity contribution in [3.8, 4) is 0 Å². The molecule has 0 aromatic carbocycles. The molecular weight excluding hydrogens is 214 g/mol. The number of hydrogen-bond acceptors (Lipinski definition) is 4. The van der Waals surface area contributed by atoms with Crippen LogP contribution < -0.4 is 4.90 Å². The predicted octanol–water partition coefficient (Wildman–Crippen LogP) is 1.61. The Labute approximate surface area is 101 Å². The van der Waals surface area contributed by atoms with Crippen molar-refractivity contribution in [1.82, 2.24) is 9.97 Å². The van der Waals surface area contributed by atoms with Gasteiger partial charge in [0.25, 0.3) is 0 Å². The Morgan fingerprint density at radius 1 is 1.12 bits per heavy atom. The Kier molecular flexibility index (Phi) is 3.67. The second-order valence-corrected chi connectivity index (χ2v) is 3.89. The average Bonchev–Trinajstić information content (AvgIpc) is 2.40. The SMILES string of the molecule is CN(Cc1ccncc1)c1cc(CO)ccn1. The molecule has 0 saturated carbocycles. The van der Waals surface area contributed by atoms with Gasteiger partial charge in [0.2, 0.25) is 0 Å². The van der Waals surface area contributed by atoms with Crippen LogP contribution in [0.1, 0.15) is 11.1 Å². The molecule has 0 bridgehead atoms. The predicted molar refractivity (Wildman–Crippen MR) is 66.5 cm³/mol. The third-order valence-corrected chi connectivity index (χ3v) is 2.55. The number of aromatic nitrogens is 2. The van der Waals surface area contributed by atoms with E-state index < -0.39 is 0 Å². The third-order valence-electron chi connectivity index (χ3n) is 2.55. The lowest BCUT2D eigenvalue weighted by molar-refractivity contribution is 0.281. The number of anilines is 1. The van der Waals surface area contributed by atoms with Crippen LogP contribution in [0, 0.1) is 0 Å². The number of nitrogens with zero attached hydrogens (tertiary/aromatic N) is 3. The van der Waals surface area contributed by atoms with Gasteiger partial charge in [0.15, 0.2) is 0 Å². The first-order chi connectivity index (χ1) is 8.29. The lowest BCUT2D eigenvalue weighted by Gasteiger charge is -2.18. The molecule has 0 spiro atoms. The van der Waals surface area contributed by atoms with Crippen molar-refractivity contribution in [3.63, 3.8) is 0 Å². The molecule has 2 aromatic rings. The van der Waals surface area contributed by atoms with Gasteiger partial charge in [0.1, 0.15) is 5.82 Å². The van der Waals surface area contributed by atoms with Crippen LogP contribution in [0.25, 0.3) is 0 Å². The molecule has 2 rings (SSSR count). The van der Waals surface area contributed by atoms with Crippen LogP contribution in [-0.2, 0) is 13.2 Å². The first-order valence-electron chi connectivity index (χ1n) is 5.45. The monoisotopic (exact) mass is 229 g/mol. The minimum absolute atomic E-state index is 0.0403. The van der Waals surface area contributed by atoms with E-state index in [0.29, 0.717) is 0 Å². The molecule has 4 nitrogen and oxygen atoms in total. The van der Waals surface area contributed by atoms with Crippen molar-refractivity contribution in [2.45, 2.75) is 13.2 Å². The molecule has 2 heterocycles. The molecule has 0 aliphatic carbocycles. The smallest absolute Gasteiger partial charge is 0.128 e. The summed E-state index contributed by atoms with van der Waals surface area (Å²) in [7, 11) is 1.98. The second kappa shape index (κ2) is 5.41. The maximum Gasteiger partial charge on any atom is 0.128 e. The Morgan fingerprint density at radius 2 is 1.82 bits per heavy atom. The van der Waals surface area contributed by atoms with Gasteiger partial charge in [-0.05, 0) is 35.4 Å². The number of rotatable bonds is 4. The molecule has 0 atom stereocenters. The highest BCUT2D eigenvalue weighted by Crippen LogP contribution is 2.13. The van der Waals surface area contributed by atoms with Gasteiger partial charge >= 0.3 is 0 Å². The summed E-state index contributed by atoms with van der Waals surface area (Å²) in [6.07, 6.45) is 5.27. The topological polar surface area (TPSA) is 49.2 Å². The van der Waals surface area contributed by atoms with Crippen LogP contribution in [0.5, 0.6) is 0 Å². The Balaban J connectivity index is 2.11. The fourth-order valence-electron chi connectivity index (χ4n) is 1.61. The number of hydrogen-bond donors (Lipinski definition) is 1. The fraction of sp³-hybridized carbons (Fsp3) is 0.231. The Bertz CT molecular complexity index is 473. The first kappa shape index (κ1) is 11.5. The van der Waals surface area contributed by atoms with Crippen LogP contribution in [0.4, 0.5) is 5.82 Å². The summed E-state index contributed by atoms with van der Waals surface area (Å²) >= 11 is 0. The summed E-state index contributed by atoms with van der Waals surface area (Å²) in [5.41, 5.74) is 2.05. The van der Waals surface area contributed by atoms with E-state index in [1.54, 1.807) is 18.6 Å². The molecule has 0 fully saturated rings. The highest BCUT2D eigenvalue weighted by Gasteiger charge is 2.04. The number of aliphatic hydroxyl groups is 1. The van der Waals surface area contributed by atoms with E-state index in [9.17, 15) is 0 Å². The van der Waals surface area contributed by atoms with Crippen molar-refractivity contribution in [2.75, 3.05) is 11.9 Å². The maximum absolute atomic E-state index is 9.08. The van der Waals surface area contributed by atoms with E-state index in [2.05, 4.69) is 9.97 Å². The quantitative estimate of drug-likeness (QED) is 0.865. The standard InChI is InChI=1S/C13H15N3O/c1-16(9-11-2-5-14-6-3-11)13-8-12(10-17)4-7-15-13/h2-8,17H,9-10H2,1H3. The summed E-state index contributed by atoms with van der Waals surface area (Å²) in [5, 5.41) is 9.08. The number of aliphatic hydroxyl groups excluding tert-OH is 1. The summed E-state index contributed by atoms with van der Waals surface area (Å²) in [6, 6.07) is 7.66. The van der Waals surface area contributed by atoms with Crippen molar-refractivity contribution in [3.05, 3.63) is 54.0 Å². The van der Waals surface area contributed by atoms with Gasteiger partial charge in [-0.15, -0.1) is 0 Å². The van der Waals surface area contributed by atoms with Crippen molar-refractivity contribution in [2.24, 2.45) is 0 Å². The van der Waals surface area contributed by atoms with E-state index >= 15 is 0 Å².